The summed E-state index contributed by atoms with van der Waals surface area (Å²) in [7, 11) is 0. The SMILES string of the molecule is C#CCCC(=O)NC1CN(c2nc(Nc3cc4c(cn3)cnn4C(C)C)cc(N3CCCC3)n2)C1. The molecule has 2 fully saturated rings. The number of terminal acetylenes is 1. The smallest absolute Gasteiger partial charge is 0.229 e. The molecule has 10 nitrogen and oxygen atoms in total. The van der Waals surface area contributed by atoms with Crippen LogP contribution < -0.4 is 20.4 Å². The molecule has 10 heteroatoms. The Kier molecular flexibility index (Phi) is 6.40. The maximum absolute atomic E-state index is 12.0. The molecule has 2 N–H and O–H groups in total. The van der Waals surface area contributed by atoms with Gasteiger partial charge in [0.15, 0.2) is 0 Å². The first-order valence-electron chi connectivity index (χ1n) is 12.2. The lowest BCUT2D eigenvalue weighted by molar-refractivity contribution is -0.121. The number of pyridine rings is 1. The van der Waals surface area contributed by atoms with Crippen LogP contribution in [-0.2, 0) is 4.79 Å². The Balaban J connectivity index is 1.35. The zero-order chi connectivity index (χ0) is 24.4. The van der Waals surface area contributed by atoms with Gasteiger partial charge in [0.2, 0.25) is 11.9 Å². The zero-order valence-electron chi connectivity index (χ0n) is 20.2. The third kappa shape index (κ3) is 4.99. The number of aromatic nitrogens is 5. The van der Waals surface area contributed by atoms with Crippen LogP contribution in [0, 0.1) is 12.3 Å². The molecule has 0 aliphatic carbocycles. The predicted molar refractivity (Wildman–Crippen MR) is 137 cm³/mol. The highest BCUT2D eigenvalue weighted by atomic mass is 16.1. The minimum atomic E-state index is -0.0104. The van der Waals surface area contributed by atoms with E-state index < -0.39 is 0 Å². The summed E-state index contributed by atoms with van der Waals surface area (Å²) in [5, 5.41) is 11.9. The molecule has 0 unspecified atom stereocenters. The standard InChI is InChI=1S/C25H31N9O/c1-4-5-8-24(35)28-19-15-33(16-19)25-30-22(12-23(31-25)32-9-6-7-10-32)29-21-11-20-18(13-26-21)14-27-34(20)17(2)3/h1,11-14,17,19H,5-10,15-16H2,2-3H3,(H,28,35)(H,26,29,30,31). The van der Waals surface area contributed by atoms with Crippen molar-refractivity contribution < 1.29 is 4.79 Å². The van der Waals surface area contributed by atoms with Gasteiger partial charge < -0.3 is 20.4 Å². The largest absolute Gasteiger partial charge is 0.356 e. The molecular weight excluding hydrogens is 442 g/mol. The van der Waals surface area contributed by atoms with Crippen molar-refractivity contribution in [1.82, 2.24) is 30.0 Å². The molecule has 2 aliphatic rings. The van der Waals surface area contributed by atoms with Gasteiger partial charge in [-0.05, 0) is 26.7 Å². The summed E-state index contributed by atoms with van der Waals surface area (Å²) in [6.07, 6.45) is 12.1. The fraction of sp³-hybridized carbons (Fsp3) is 0.480. The Morgan fingerprint density at radius 2 is 1.94 bits per heavy atom. The predicted octanol–water partition coefficient (Wildman–Crippen LogP) is 2.86. The molecule has 5 heterocycles. The van der Waals surface area contributed by atoms with Crippen molar-refractivity contribution in [1.29, 1.82) is 0 Å². The van der Waals surface area contributed by atoms with Gasteiger partial charge in [-0.1, -0.05) is 0 Å². The highest BCUT2D eigenvalue weighted by Gasteiger charge is 2.31. The van der Waals surface area contributed by atoms with Gasteiger partial charge in [0.25, 0.3) is 0 Å². The zero-order valence-corrected chi connectivity index (χ0v) is 20.2. The van der Waals surface area contributed by atoms with E-state index in [9.17, 15) is 4.79 Å². The number of carbonyl (C=O) groups excluding carboxylic acids is 1. The van der Waals surface area contributed by atoms with Gasteiger partial charge in [-0.2, -0.15) is 15.1 Å². The second-order valence-electron chi connectivity index (χ2n) is 9.42. The highest BCUT2D eigenvalue weighted by molar-refractivity contribution is 5.81. The molecule has 0 aromatic carbocycles. The third-order valence-electron chi connectivity index (χ3n) is 6.38. The molecular formula is C25H31N9O. The molecule has 5 rings (SSSR count). The molecule has 0 bridgehead atoms. The van der Waals surface area contributed by atoms with E-state index in [1.807, 2.05) is 29.2 Å². The molecule has 0 spiro atoms. The van der Waals surface area contributed by atoms with Crippen LogP contribution in [-0.4, -0.2) is 62.9 Å². The Bertz CT molecular complexity index is 1250. The number of hydrogen-bond acceptors (Lipinski definition) is 8. The van der Waals surface area contributed by atoms with Gasteiger partial charge in [-0.3, -0.25) is 9.48 Å². The van der Waals surface area contributed by atoms with Crippen molar-refractivity contribution in [2.45, 2.75) is 51.6 Å². The summed E-state index contributed by atoms with van der Waals surface area (Å²) in [5.74, 6) is 5.46. The number of rotatable bonds is 8. The molecule has 1 amide bonds. The Morgan fingerprint density at radius 1 is 1.14 bits per heavy atom. The monoisotopic (exact) mass is 473 g/mol. The molecule has 0 saturated carbocycles. The second kappa shape index (κ2) is 9.78. The number of nitrogens with one attached hydrogen (secondary N) is 2. The van der Waals surface area contributed by atoms with E-state index in [0.717, 1.165) is 42.7 Å². The molecule has 0 atom stereocenters. The topological polar surface area (TPSA) is 104 Å². The molecule has 182 valence electrons. The van der Waals surface area contributed by atoms with Crippen molar-refractivity contribution in [2.75, 3.05) is 41.3 Å². The maximum Gasteiger partial charge on any atom is 0.229 e. The van der Waals surface area contributed by atoms with Crippen molar-refractivity contribution in [3.63, 3.8) is 0 Å². The van der Waals surface area contributed by atoms with Crippen molar-refractivity contribution in [3.8, 4) is 12.3 Å². The van der Waals surface area contributed by atoms with Gasteiger partial charge in [0.05, 0.1) is 17.8 Å². The number of anilines is 4. The van der Waals surface area contributed by atoms with E-state index >= 15 is 0 Å². The number of nitrogens with zero attached hydrogens (tertiary/aromatic N) is 7. The first-order chi connectivity index (χ1) is 17.0. The third-order valence-corrected chi connectivity index (χ3v) is 6.38. The van der Waals surface area contributed by atoms with E-state index in [-0.39, 0.29) is 18.0 Å². The second-order valence-corrected chi connectivity index (χ2v) is 9.42. The van der Waals surface area contributed by atoms with Crippen molar-refractivity contribution in [3.05, 3.63) is 24.5 Å². The number of amides is 1. The lowest BCUT2D eigenvalue weighted by Crippen LogP contribution is -2.60. The molecule has 2 saturated heterocycles. The first-order valence-corrected chi connectivity index (χ1v) is 12.2. The van der Waals surface area contributed by atoms with Crippen molar-refractivity contribution in [2.24, 2.45) is 0 Å². The van der Waals surface area contributed by atoms with E-state index in [0.29, 0.717) is 43.5 Å². The molecule has 3 aromatic rings. The quantitative estimate of drug-likeness (QED) is 0.482. The lowest BCUT2D eigenvalue weighted by Gasteiger charge is -2.39. The Morgan fingerprint density at radius 3 is 2.69 bits per heavy atom. The summed E-state index contributed by atoms with van der Waals surface area (Å²) in [6, 6.07) is 4.32. The van der Waals surface area contributed by atoms with Crippen LogP contribution >= 0.6 is 0 Å². The van der Waals surface area contributed by atoms with E-state index in [1.54, 1.807) is 0 Å². The van der Waals surface area contributed by atoms with Gasteiger partial charge >= 0.3 is 0 Å². The average molecular weight is 474 g/mol. The van der Waals surface area contributed by atoms with Crippen LogP contribution in [0.1, 0.15) is 45.6 Å². The fourth-order valence-corrected chi connectivity index (χ4v) is 4.51. The van der Waals surface area contributed by atoms with Crippen LogP contribution in [0.3, 0.4) is 0 Å². The van der Waals surface area contributed by atoms with E-state index in [1.165, 1.54) is 0 Å². The normalized spacial score (nSPS) is 15.9. The lowest BCUT2D eigenvalue weighted by atomic mass is 10.1. The van der Waals surface area contributed by atoms with Crippen LogP contribution in [0.4, 0.5) is 23.4 Å². The molecule has 35 heavy (non-hydrogen) atoms. The van der Waals surface area contributed by atoms with Crippen LogP contribution in [0.15, 0.2) is 24.5 Å². The van der Waals surface area contributed by atoms with E-state index in [4.69, 9.17) is 16.4 Å². The van der Waals surface area contributed by atoms with Crippen LogP contribution in [0.5, 0.6) is 0 Å². The Labute approximate surface area is 205 Å². The molecule has 2 aliphatic heterocycles. The van der Waals surface area contributed by atoms with Crippen LogP contribution in [0.2, 0.25) is 0 Å². The van der Waals surface area contributed by atoms with E-state index in [2.05, 4.69) is 50.3 Å². The van der Waals surface area contributed by atoms with Gasteiger partial charge in [0, 0.05) is 68.8 Å². The molecule has 3 aromatic heterocycles. The first kappa shape index (κ1) is 22.9. The number of hydrogen-bond donors (Lipinski definition) is 2. The summed E-state index contributed by atoms with van der Waals surface area (Å²) < 4.78 is 1.99. The minimum Gasteiger partial charge on any atom is -0.356 e. The summed E-state index contributed by atoms with van der Waals surface area (Å²) in [5.41, 5.74) is 1.03. The average Bonchev–Trinajstić information content (AvgIpc) is 3.49. The van der Waals surface area contributed by atoms with Gasteiger partial charge in [-0.25, -0.2) is 4.98 Å². The summed E-state index contributed by atoms with van der Waals surface area (Å²) in [6.45, 7) is 7.53. The van der Waals surface area contributed by atoms with Crippen LogP contribution in [0.25, 0.3) is 10.9 Å². The maximum atomic E-state index is 12.0. The van der Waals surface area contributed by atoms with Crippen molar-refractivity contribution >= 4 is 40.2 Å². The Hall–Kier alpha value is -3.87. The molecule has 0 radical (unpaired) electrons. The highest BCUT2D eigenvalue weighted by Crippen LogP contribution is 2.28. The fourth-order valence-electron chi connectivity index (χ4n) is 4.51. The minimum absolute atomic E-state index is 0.0104. The summed E-state index contributed by atoms with van der Waals surface area (Å²) in [4.78, 5) is 30.6. The number of fused-ring (bicyclic) bond motifs is 1. The summed E-state index contributed by atoms with van der Waals surface area (Å²) >= 11 is 0. The van der Waals surface area contributed by atoms with Gasteiger partial charge in [-0.15, -0.1) is 12.3 Å². The van der Waals surface area contributed by atoms with Gasteiger partial charge in [0.1, 0.15) is 17.5 Å². The number of carbonyl (C=O) groups is 1.